The van der Waals surface area contributed by atoms with Crippen molar-refractivity contribution in [2.75, 3.05) is 0 Å². The minimum absolute atomic E-state index is 0.196. The average Bonchev–Trinajstić information content (AvgIpc) is 2.81. The summed E-state index contributed by atoms with van der Waals surface area (Å²) in [6.07, 6.45) is 0. The number of nitriles is 1. The van der Waals surface area contributed by atoms with Crippen LogP contribution in [0.25, 0.3) is 11.5 Å². The molecule has 92 valence electrons. The first kappa shape index (κ1) is 12.7. The van der Waals surface area contributed by atoms with E-state index in [1.807, 2.05) is 25.1 Å². The van der Waals surface area contributed by atoms with E-state index in [4.69, 9.17) is 9.68 Å². The van der Waals surface area contributed by atoms with Crippen LogP contribution >= 0.6 is 11.8 Å². The molecule has 0 bridgehead atoms. The summed E-state index contributed by atoms with van der Waals surface area (Å²) in [5.74, 6) is 0.491. The van der Waals surface area contributed by atoms with Crippen LogP contribution in [0.2, 0.25) is 0 Å². The molecular formula is C13H13N3OS. The molecule has 0 amide bonds. The van der Waals surface area contributed by atoms with Gasteiger partial charge in [-0.25, -0.2) is 0 Å². The van der Waals surface area contributed by atoms with Gasteiger partial charge in [0.05, 0.1) is 11.3 Å². The van der Waals surface area contributed by atoms with E-state index < -0.39 is 0 Å². The van der Waals surface area contributed by atoms with Crippen molar-refractivity contribution in [2.24, 2.45) is 0 Å². The predicted octanol–water partition coefficient (Wildman–Crippen LogP) is 3.36. The highest BCUT2D eigenvalue weighted by Gasteiger charge is 2.12. The molecule has 0 aliphatic carbocycles. The van der Waals surface area contributed by atoms with Gasteiger partial charge in [0.15, 0.2) is 0 Å². The summed E-state index contributed by atoms with van der Waals surface area (Å²) in [6.45, 7) is 5.90. The number of aryl methyl sites for hydroxylation is 2. The molecule has 5 heteroatoms. The average molecular weight is 259 g/mol. The monoisotopic (exact) mass is 259 g/mol. The molecule has 0 radical (unpaired) electrons. The van der Waals surface area contributed by atoms with Gasteiger partial charge in [-0.1, -0.05) is 6.07 Å². The highest BCUT2D eigenvalue weighted by Crippen LogP contribution is 2.26. The van der Waals surface area contributed by atoms with E-state index in [0.717, 1.165) is 5.56 Å². The lowest BCUT2D eigenvalue weighted by atomic mass is 10.1. The van der Waals surface area contributed by atoms with Gasteiger partial charge in [0.1, 0.15) is 0 Å². The standard InChI is InChI=1S/C13H13N3OS/c1-8-4-5-11(6-9(8)2)12-15-16-13(17-12)18-10(3)7-14/h4-6,10H,1-3H3. The molecule has 1 unspecified atom stereocenters. The maximum absolute atomic E-state index is 8.73. The van der Waals surface area contributed by atoms with Crippen LogP contribution in [0.3, 0.4) is 0 Å². The van der Waals surface area contributed by atoms with Crippen molar-refractivity contribution in [1.82, 2.24) is 10.2 Å². The van der Waals surface area contributed by atoms with E-state index in [0.29, 0.717) is 11.1 Å². The van der Waals surface area contributed by atoms with Crippen molar-refractivity contribution in [2.45, 2.75) is 31.2 Å². The van der Waals surface area contributed by atoms with Gasteiger partial charge in [0.2, 0.25) is 5.89 Å². The van der Waals surface area contributed by atoms with Gasteiger partial charge >= 0.3 is 0 Å². The molecular weight excluding hydrogens is 246 g/mol. The van der Waals surface area contributed by atoms with Crippen molar-refractivity contribution in [3.8, 4) is 17.5 Å². The van der Waals surface area contributed by atoms with Crippen LogP contribution in [0.4, 0.5) is 0 Å². The lowest BCUT2D eigenvalue weighted by Crippen LogP contribution is -1.88. The second-order valence-corrected chi connectivity index (χ2v) is 5.35. The van der Waals surface area contributed by atoms with E-state index in [9.17, 15) is 0 Å². The Morgan fingerprint density at radius 3 is 2.72 bits per heavy atom. The second-order valence-electron chi connectivity index (χ2n) is 4.06. The minimum atomic E-state index is -0.196. The third kappa shape index (κ3) is 2.71. The van der Waals surface area contributed by atoms with Gasteiger partial charge in [-0.2, -0.15) is 5.26 Å². The predicted molar refractivity (Wildman–Crippen MR) is 70.1 cm³/mol. The Hall–Kier alpha value is -1.80. The lowest BCUT2D eigenvalue weighted by molar-refractivity contribution is 0.465. The summed E-state index contributed by atoms with van der Waals surface area (Å²) in [7, 11) is 0. The molecule has 1 heterocycles. The summed E-state index contributed by atoms with van der Waals surface area (Å²) < 4.78 is 5.53. The molecule has 0 aliphatic heterocycles. The number of thioether (sulfide) groups is 1. The Kier molecular flexibility index (Phi) is 3.68. The molecule has 0 fully saturated rings. The summed E-state index contributed by atoms with van der Waals surface area (Å²) in [5, 5.41) is 16.9. The summed E-state index contributed by atoms with van der Waals surface area (Å²) in [4.78, 5) is 0. The smallest absolute Gasteiger partial charge is 0.278 e. The fourth-order valence-electron chi connectivity index (χ4n) is 1.43. The van der Waals surface area contributed by atoms with E-state index in [2.05, 4.69) is 23.2 Å². The van der Waals surface area contributed by atoms with Crippen molar-refractivity contribution >= 4 is 11.8 Å². The van der Waals surface area contributed by atoms with E-state index in [1.54, 1.807) is 6.92 Å². The first-order valence-electron chi connectivity index (χ1n) is 5.57. The number of hydrogen-bond donors (Lipinski definition) is 0. The summed E-state index contributed by atoms with van der Waals surface area (Å²) in [5.41, 5.74) is 3.32. The number of aromatic nitrogens is 2. The zero-order chi connectivity index (χ0) is 13.1. The third-order valence-electron chi connectivity index (χ3n) is 2.62. The Bertz CT molecular complexity index is 601. The van der Waals surface area contributed by atoms with E-state index >= 15 is 0 Å². The molecule has 0 aliphatic rings. The molecule has 1 aromatic carbocycles. The van der Waals surface area contributed by atoms with Crippen LogP contribution in [-0.2, 0) is 0 Å². The Morgan fingerprint density at radius 2 is 2.06 bits per heavy atom. The maximum Gasteiger partial charge on any atom is 0.278 e. The lowest BCUT2D eigenvalue weighted by Gasteiger charge is -2.01. The summed E-state index contributed by atoms with van der Waals surface area (Å²) in [6, 6.07) is 8.12. The normalized spacial score (nSPS) is 12.1. The Balaban J connectivity index is 2.24. The van der Waals surface area contributed by atoms with Gasteiger partial charge in [-0.15, -0.1) is 10.2 Å². The highest BCUT2D eigenvalue weighted by molar-refractivity contribution is 7.99. The summed E-state index contributed by atoms with van der Waals surface area (Å²) >= 11 is 1.27. The molecule has 1 atom stereocenters. The highest BCUT2D eigenvalue weighted by atomic mass is 32.2. The zero-order valence-electron chi connectivity index (χ0n) is 10.5. The number of benzene rings is 1. The first-order chi connectivity index (χ1) is 8.60. The molecule has 18 heavy (non-hydrogen) atoms. The van der Waals surface area contributed by atoms with Crippen LogP contribution in [0, 0.1) is 25.2 Å². The van der Waals surface area contributed by atoms with Gasteiger partial charge in [-0.05, 0) is 55.8 Å². The van der Waals surface area contributed by atoms with Crippen LogP contribution in [0.1, 0.15) is 18.1 Å². The van der Waals surface area contributed by atoms with Crippen LogP contribution in [0.15, 0.2) is 27.8 Å². The van der Waals surface area contributed by atoms with Crippen LogP contribution in [-0.4, -0.2) is 15.4 Å². The molecule has 0 saturated heterocycles. The molecule has 2 aromatic rings. The van der Waals surface area contributed by atoms with Gasteiger partial charge in [-0.3, -0.25) is 0 Å². The zero-order valence-corrected chi connectivity index (χ0v) is 11.3. The van der Waals surface area contributed by atoms with Crippen molar-refractivity contribution in [3.63, 3.8) is 0 Å². The number of nitrogens with zero attached hydrogens (tertiary/aromatic N) is 3. The first-order valence-corrected chi connectivity index (χ1v) is 6.45. The van der Waals surface area contributed by atoms with Crippen molar-refractivity contribution in [1.29, 1.82) is 5.26 Å². The van der Waals surface area contributed by atoms with Crippen LogP contribution in [0.5, 0.6) is 0 Å². The van der Waals surface area contributed by atoms with E-state index in [1.165, 1.54) is 22.9 Å². The number of hydrogen-bond acceptors (Lipinski definition) is 5. The fourth-order valence-corrected chi connectivity index (χ4v) is 2.00. The molecule has 0 spiro atoms. The van der Waals surface area contributed by atoms with Gasteiger partial charge in [0, 0.05) is 5.56 Å². The van der Waals surface area contributed by atoms with Crippen molar-refractivity contribution in [3.05, 3.63) is 29.3 Å². The van der Waals surface area contributed by atoms with E-state index in [-0.39, 0.29) is 5.25 Å². The minimum Gasteiger partial charge on any atom is -0.411 e. The molecule has 1 aromatic heterocycles. The van der Waals surface area contributed by atoms with Crippen molar-refractivity contribution < 1.29 is 4.42 Å². The van der Waals surface area contributed by atoms with Crippen LogP contribution < -0.4 is 0 Å². The third-order valence-corrected chi connectivity index (χ3v) is 3.45. The molecule has 0 saturated carbocycles. The van der Waals surface area contributed by atoms with Gasteiger partial charge < -0.3 is 4.42 Å². The second kappa shape index (κ2) is 5.23. The quantitative estimate of drug-likeness (QED) is 0.791. The van der Waals surface area contributed by atoms with Gasteiger partial charge in [0.25, 0.3) is 5.22 Å². The Labute approximate surface area is 110 Å². The topological polar surface area (TPSA) is 62.7 Å². The SMILES string of the molecule is Cc1ccc(-c2nnc(SC(C)C#N)o2)cc1C. The largest absolute Gasteiger partial charge is 0.411 e. The maximum atomic E-state index is 8.73. The molecule has 0 N–H and O–H groups in total. The fraction of sp³-hybridized carbons (Fsp3) is 0.308. The molecule has 4 nitrogen and oxygen atoms in total. The number of rotatable bonds is 3. The Morgan fingerprint density at radius 1 is 1.28 bits per heavy atom. The molecule has 2 rings (SSSR count).